The fourth-order valence-electron chi connectivity index (χ4n) is 2.34. The molecule has 2 N–H and O–H groups in total. The van der Waals surface area contributed by atoms with Crippen LogP contribution in [0.2, 0.25) is 0 Å². The molecule has 1 aromatic rings. The zero-order valence-corrected chi connectivity index (χ0v) is 13.6. The molecule has 23 heavy (non-hydrogen) atoms. The van der Waals surface area contributed by atoms with Crippen molar-refractivity contribution < 1.29 is 14.4 Å². The lowest BCUT2D eigenvalue weighted by Crippen LogP contribution is -2.37. The predicted molar refractivity (Wildman–Crippen MR) is 88.1 cm³/mol. The first kappa shape index (κ1) is 17.0. The average molecular weight is 317 g/mol. The summed E-state index contributed by atoms with van der Waals surface area (Å²) in [5.74, 6) is -0.294. The molecular formula is C17H23N3O3. The first-order chi connectivity index (χ1) is 11.1. The third kappa shape index (κ3) is 4.81. The molecule has 124 valence electrons. The summed E-state index contributed by atoms with van der Waals surface area (Å²) in [7, 11) is 0. The molecule has 6 heteroatoms. The number of benzene rings is 1. The summed E-state index contributed by atoms with van der Waals surface area (Å²) < 4.78 is 0. The lowest BCUT2D eigenvalue weighted by Gasteiger charge is -2.09. The van der Waals surface area contributed by atoms with E-state index in [0.29, 0.717) is 19.5 Å². The summed E-state index contributed by atoms with van der Waals surface area (Å²) in [5, 5.41) is 9.52. The third-order valence-corrected chi connectivity index (χ3v) is 3.64. The minimum atomic E-state index is -0.622. The van der Waals surface area contributed by atoms with E-state index in [-0.39, 0.29) is 18.2 Å². The Bertz CT molecular complexity index is 599. The summed E-state index contributed by atoms with van der Waals surface area (Å²) in [4.78, 5) is 28.8. The molecule has 1 atom stereocenters. The van der Waals surface area contributed by atoms with Crippen molar-refractivity contribution >= 4 is 17.5 Å². The topological polar surface area (TPSA) is 79.8 Å². The Kier molecular flexibility index (Phi) is 6.14. The zero-order valence-electron chi connectivity index (χ0n) is 13.6. The first-order valence-electron chi connectivity index (χ1n) is 7.95. The van der Waals surface area contributed by atoms with E-state index < -0.39 is 6.10 Å². The van der Waals surface area contributed by atoms with Gasteiger partial charge in [0, 0.05) is 31.5 Å². The molecule has 0 saturated carbocycles. The lowest BCUT2D eigenvalue weighted by atomic mass is 10.0. The number of oxime groups is 1. The second-order valence-electron chi connectivity index (χ2n) is 5.54. The highest BCUT2D eigenvalue weighted by molar-refractivity contribution is 6.05. The van der Waals surface area contributed by atoms with Gasteiger partial charge in [0.15, 0.2) is 0 Å². The van der Waals surface area contributed by atoms with Crippen molar-refractivity contribution in [2.24, 2.45) is 5.16 Å². The predicted octanol–water partition coefficient (Wildman–Crippen LogP) is 1.52. The molecule has 2 amide bonds. The fraction of sp³-hybridized carbons (Fsp3) is 0.471. The van der Waals surface area contributed by atoms with Crippen molar-refractivity contribution in [3.63, 3.8) is 0 Å². The minimum Gasteiger partial charge on any atom is -0.382 e. The summed E-state index contributed by atoms with van der Waals surface area (Å²) in [6.07, 6.45) is 0.985. The summed E-state index contributed by atoms with van der Waals surface area (Å²) in [5.41, 5.74) is 2.88. The molecule has 6 nitrogen and oxygen atoms in total. The van der Waals surface area contributed by atoms with Crippen molar-refractivity contribution in [3.8, 4) is 0 Å². The van der Waals surface area contributed by atoms with E-state index in [1.165, 1.54) is 0 Å². The number of nitrogens with zero attached hydrogens (tertiary/aromatic N) is 1. The standard InChI is InChI=1S/C17H23N3O3/c1-3-9-18-16(21)8-10-19-17(22)15-11-14(20-23-15)13-7-5-4-6-12(13)2/h4-7,15H,3,8-11H2,1-2H3,(H,18,21)(H,19,22)/t15-/m1/s1. The maximum atomic E-state index is 12.1. The zero-order chi connectivity index (χ0) is 16.7. The Morgan fingerprint density at radius 3 is 2.78 bits per heavy atom. The highest BCUT2D eigenvalue weighted by atomic mass is 16.6. The Morgan fingerprint density at radius 2 is 2.04 bits per heavy atom. The molecule has 1 aliphatic rings. The van der Waals surface area contributed by atoms with Crippen LogP contribution in [0, 0.1) is 6.92 Å². The second kappa shape index (κ2) is 8.31. The fourth-order valence-corrected chi connectivity index (χ4v) is 2.34. The van der Waals surface area contributed by atoms with Crippen LogP contribution in [0.3, 0.4) is 0 Å². The Balaban J connectivity index is 1.76. The van der Waals surface area contributed by atoms with Gasteiger partial charge in [0.05, 0.1) is 5.71 Å². The second-order valence-corrected chi connectivity index (χ2v) is 5.54. The van der Waals surface area contributed by atoms with Crippen molar-refractivity contribution in [1.29, 1.82) is 0 Å². The van der Waals surface area contributed by atoms with Crippen LogP contribution in [-0.4, -0.2) is 36.7 Å². The van der Waals surface area contributed by atoms with E-state index in [1.54, 1.807) is 0 Å². The van der Waals surface area contributed by atoms with Crippen LogP contribution in [0.1, 0.15) is 37.3 Å². The lowest BCUT2D eigenvalue weighted by molar-refractivity contribution is -0.131. The quantitative estimate of drug-likeness (QED) is 0.800. The van der Waals surface area contributed by atoms with Gasteiger partial charge in [-0.1, -0.05) is 36.3 Å². The Morgan fingerprint density at radius 1 is 1.26 bits per heavy atom. The Hall–Kier alpha value is -2.37. The van der Waals surface area contributed by atoms with Crippen LogP contribution in [-0.2, 0) is 14.4 Å². The van der Waals surface area contributed by atoms with E-state index in [0.717, 1.165) is 23.3 Å². The van der Waals surface area contributed by atoms with Gasteiger partial charge >= 0.3 is 0 Å². The highest BCUT2D eigenvalue weighted by Crippen LogP contribution is 2.19. The molecule has 0 radical (unpaired) electrons. The van der Waals surface area contributed by atoms with Gasteiger partial charge in [-0.3, -0.25) is 9.59 Å². The van der Waals surface area contributed by atoms with Gasteiger partial charge in [-0.25, -0.2) is 0 Å². The van der Waals surface area contributed by atoms with E-state index in [4.69, 9.17) is 4.84 Å². The molecule has 0 unspecified atom stereocenters. The number of nitrogens with one attached hydrogen (secondary N) is 2. The molecule has 1 aliphatic heterocycles. The molecule has 1 heterocycles. The SMILES string of the molecule is CCCNC(=O)CCNC(=O)[C@H]1CC(c2ccccc2C)=NO1. The van der Waals surface area contributed by atoms with Crippen molar-refractivity contribution in [1.82, 2.24) is 10.6 Å². The summed E-state index contributed by atoms with van der Waals surface area (Å²) in [6, 6.07) is 7.87. The molecule has 2 rings (SSSR count). The Labute approximate surface area is 136 Å². The van der Waals surface area contributed by atoms with Crippen molar-refractivity contribution in [3.05, 3.63) is 35.4 Å². The van der Waals surface area contributed by atoms with Gasteiger partial charge in [-0.2, -0.15) is 0 Å². The van der Waals surface area contributed by atoms with Crippen molar-refractivity contribution in [2.75, 3.05) is 13.1 Å². The van der Waals surface area contributed by atoms with Crippen LogP contribution < -0.4 is 10.6 Å². The molecule has 0 bridgehead atoms. The van der Waals surface area contributed by atoms with Crippen molar-refractivity contribution in [2.45, 2.75) is 39.2 Å². The van der Waals surface area contributed by atoms with Gasteiger partial charge in [0.25, 0.3) is 5.91 Å². The van der Waals surface area contributed by atoms with E-state index in [1.807, 2.05) is 38.1 Å². The largest absolute Gasteiger partial charge is 0.382 e. The number of amides is 2. The van der Waals surface area contributed by atoms with Gasteiger partial charge < -0.3 is 15.5 Å². The monoisotopic (exact) mass is 317 g/mol. The molecule has 0 fully saturated rings. The normalized spacial score (nSPS) is 16.4. The number of hydrogen-bond donors (Lipinski definition) is 2. The average Bonchev–Trinajstić information content (AvgIpc) is 3.03. The van der Waals surface area contributed by atoms with E-state index >= 15 is 0 Å². The number of carbonyl (C=O) groups is 2. The summed E-state index contributed by atoms with van der Waals surface area (Å²) >= 11 is 0. The maximum Gasteiger partial charge on any atom is 0.264 e. The van der Waals surface area contributed by atoms with Crippen LogP contribution in [0.4, 0.5) is 0 Å². The number of hydrogen-bond acceptors (Lipinski definition) is 4. The molecule has 1 aromatic carbocycles. The smallest absolute Gasteiger partial charge is 0.264 e. The van der Waals surface area contributed by atoms with E-state index in [9.17, 15) is 9.59 Å². The number of aryl methyl sites for hydroxylation is 1. The van der Waals surface area contributed by atoms with Crippen LogP contribution in [0.5, 0.6) is 0 Å². The molecular weight excluding hydrogens is 294 g/mol. The van der Waals surface area contributed by atoms with Gasteiger partial charge in [-0.05, 0) is 18.9 Å². The maximum absolute atomic E-state index is 12.1. The molecule has 0 saturated heterocycles. The molecule has 0 spiro atoms. The van der Waals surface area contributed by atoms with Crippen LogP contribution in [0.15, 0.2) is 29.4 Å². The van der Waals surface area contributed by atoms with Crippen LogP contribution >= 0.6 is 0 Å². The van der Waals surface area contributed by atoms with E-state index in [2.05, 4.69) is 15.8 Å². The van der Waals surface area contributed by atoms with Gasteiger partial charge in [0.1, 0.15) is 0 Å². The van der Waals surface area contributed by atoms with Crippen LogP contribution in [0.25, 0.3) is 0 Å². The first-order valence-corrected chi connectivity index (χ1v) is 7.95. The third-order valence-electron chi connectivity index (χ3n) is 3.64. The number of rotatable bonds is 7. The van der Waals surface area contributed by atoms with Gasteiger partial charge in [0.2, 0.25) is 12.0 Å². The molecule has 0 aliphatic carbocycles. The van der Waals surface area contributed by atoms with Gasteiger partial charge in [-0.15, -0.1) is 0 Å². The number of carbonyl (C=O) groups excluding carboxylic acids is 2. The highest BCUT2D eigenvalue weighted by Gasteiger charge is 2.29. The minimum absolute atomic E-state index is 0.0589. The summed E-state index contributed by atoms with van der Waals surface area (Å²) in [6.45, 7) is 4.95. The molecule has 0 aromatic heterocycles.